The molecule has 2 unspecified atom stereocenters. The lowest BCUT2D eigenvalue weighted by atomic mass is 10.1. The summed E-state index contributed by atoms with van der Waals surface area (Å²) >= 11 is 1.74. The number of benzene rings is 1. The smallest absolute Gasteiger partial charge is 0.241 e. The average molecular weight is 333 g/mol. The van der Waals surface area contributed by atoms with Crippen molar-refractivity contribution in [3.05, 3.63) is 29.1 Å². The van der Waals surface area contributed by atoms with Crippen molar-refractivity contribution in [2.24, 2.45) is 0 Å². The van der Waals surface area contributed by atoms with Crippen molar-refractivity contribution in [2.75, 3.05) is 6.26 Å². The summed E-state index contributed by atoms with van der Waals surface area (Å²) in [6.45, 7) is 1.04. The van der Waals surface area contributed by atoms with Gasteiger partial charge in [-0.15, -0.1) is 0 Å². The topological polar surface area (TPSA) is 66.4 Å². The van der Waals surface area contributed by atoms with E-state index < -0.39 is 22.4 Å². The van der Waals surface area contributed by atoms with Crippen LogP contribution >= 0.6 is 11.8 Å². The minimum Gasteiger partial charge on any atom is -0.392 e. The van der Waals surface area contributed by atoms with E-state index >= 15 is 0 Å². The van der Waals surface area contributed by atoms with E-state index in [1.807, 2.05) is 6.26 Å². The predicted molar refractivity (Wildman–Crippen MR) is 82.3 cm³/mol. The Morgan fingerprint density at radius 1 is 1.43 bits per heavy atom. The third-order valence-corrected chi connectivity index (χ3v) is 6.61. The number of thioether (sulfide) groups is 1. The molecule has 7 heteroatoms. The number of hydrogen-bond donors (Lipinski definition) is 2. The molecule has 0 heterocycles. The summed E-state index contributed by atoms with van der Waals surface area (Å²) in [7, 11) is -3.77. The molecule has 0 saturated heterocycles. The van der Waals surface area contributed by atoms with Crippen LogP contribution in [0.3, 0.4) is 0 Å². The number of sulfonamides is 1. The van der Waals surface area contributed by atoms with Gasteiger partial charge in [0.15, 0.2) is 0 Å². The van der Waals surface area contributed by atoms with E-state index in [0.717, 1.165) is 25.3 Å². The monoisotopic (exact) mass is 333 g/mol. The Labute approximate surface area is 129 Å². The largest absolute Gasteiger partial charge is 0.392 e. The summed E-state index contributed by atoms with van der Waals surface area (Å²) < 4.78 is 41.4. The molecule has 1 aliphatic carbocycles. The second-order valence-corrected chi connectivity index (χ2v) is 8.17. The Bertz CT molecular complexity index is 619. The van der Waals surface area contributed by atoms with E-state index in [1.165, 1.54) is 13.0 Å². The van der Waals surface area contributed by atoms with Crippen LogP contribution in [0.25, 0.3) is 0 Å². The number of nitrogens with one attached hydrogen (secondary N) is 1. The van der Waals surface area contributed by atoms with Crippen LogP contribution in [0.4, 0.5) is 4.39 Å². The van der Waals surface area contributed by atoms with Crippen molar-refractivity contribution >= 4 is 21.8 Å². The first-order valence-corrected chi connectivity index (χ1v) is 9.59. The van der Waals surface area contributed by atoms with Crippen molar-refractivity contribution in [3.63, 3.8) is 0 Å². The van der Waals surface area contributed by atoms with E-state index in [0.29, 0.717) is 5.25 Å². The molecular formula is C14H20FNO3S2. The first-order valence-electron chi connectivity index (χ1n) is 6.82. The van der Waals surface area contributed by atoms with Gasteiger partial charge in [0.2, 0.25) is 10.0 Å². The lowest BCUT2D eigenvalue weighted by molar-refractivity contribution is 0.281. The first-order chi connectivity index (χ1) is 9.87. The van der Waals surface area contributed by atoms with Gasteiger partial charge in [-0.1, -0.05) is 0 Å². The molecule has 2 atom stereocenters. The van der Waals surface area contributed by atoms with Crippen molar-refractivity contribution < 1.29 is 17.9 Å². The highest BCUT2D eigenvalue weighted by Crippen LogP contribution is 2.30. The Balaban J connectivity index is 2.26. The molecule has 0 amide bonds. The van der Waals surface area contributed by atoms with Crippen LogP contribution in [0.15, 0.2) is 17.0 Å². The van der Waals surface area contributed by atoms with Gasteiger partial charge in [0.05, 0.1) is 11.5 Å². The number of aliphatic hydroxyl groups excluding tert-OH is 1. The molecule has 1 aliphatic rings. The molecule has 1 saturated carbocycles. The number of rotatable bonds is 5. The molecule has 0 aromatic heterocycles. The second-order valence-electron chi connectivity index (χ2n) is 5.35. The summed E-state index contributed by atoms with van der Waals surface area (Å²) in [6, 6.07) is 2.39. The predicted octanol–water partition coefficient (Wildman–Crippen LogP) is 2.19. The SMILES string of the molecule is CSC1CCC(NS(=O)(=O)c2cc(CO)cc(F)c2C)C1. The molecule has 1 aromatic carbocycles. The minimum absolute atomic E-state index is 0.0825. The van der Waals surface area contributed by atoms with Gasteiger partial charge in [0.1, 0.15) is 5.82 Å². The summed E-state index contributed by atoms with van der Waals surface area (Å²) in [5, 5.41) is 9.58. The highest BCUT2D eigenvalue weighted by atomic mass is 32.2. The molecule has 2 N–H and O–H groups in total. The van der Waals surface area contributed by atoms with E-state index in [-0.39, 0.29) is 22.1 Å². The fraction of sp³-hybridized carbons (Fsp3) is 0.571. The summed E-state index contributed by atoms with van der Waals surface area (Å²) in [4.78, 5) is -0.0841. The van der Waals surface area contributed by atoms with Gasteiger partial charge in [-0.25, -0.2) is 17.5 Å². The second kappa shape index (κ2) is 6.64. The lowest BCUT2D eigenvalue weighted by Gasteiger charge is -2.16. The van der Waals surface area contributed by atoms with Gasteiger partial charge in [-0.05, 0) is 50.1 Å². The van der Waals surface area contributed by atoms with Gasteiger partial charge in [-0.2, -0.15) is 11.8 Å². The van der Waals surface area contributed by atoms with Crippen LogP contribution < -0.4 is 4.72 Å². The van der Waals surface area contributed by atoms with Gasteiger partial charge in [-0.3, -0.25) is 0 Å². The molecule has 1 fully saturated rings. The van der Waals surface area contributed by atoms with Crippen LogP contribution in [0.1, 0.15) is 30.4 Å². The molecule has 2 rings (SSSR count). The zero-order chi connectivity index (χ0) is 15.6. The Morgan fingerprint density at radius 2 is 2.14 bits per heavy atom. The van der Waals surface area contributed by atoms with Gasteiger partial charge in [0, 0.05) is 16.9 Å². The van der Waals surface area contributed by atoms with Crippen LogP contribution in [-0.2, 0) is 16.6 Å². The highest BCUT2D eigenvalue weighted by Gasteiger charge is 2.29. The number of hydrogen-bond acceptors (Lipinski definition) is 4. The first kappa shape index (κ1) is 16.7. The molecule has 4 nitrogen and oxygen atoms in total. The molecular weight excluding hydrogens is 313 g/mol. The van der Waals surface area contributed by atoms with E-state index in [9.17, 15) is 12.8 Å². The van der Waals surface area contributed by atoms with E-state index in [2.05, 4.69) is 4.72 Å². The van der Waals surface area contributed by atoms with E-state index in [1.54, 1.807) is 11.8 Å². The Morgan fingerprint density at radius 3 is 2.71 bits per heavy atom. The summed E-state index contributed by atoms with van der Waals surface area (Å²) in [5.41, 5.74) is 0.339. The third kappa shape index (κ3) is 3.77. The fourth-order valence-corrected chi connectivity index (χ4v) is 5.01. The Hall–Kier alpha value is -0.630. The maximum atomic E-state index is 13.8. The van der Waals surface area contributed by atoms with Crippen molar-refractivity contribution in [1.29, 1.82) is 0 Å². The minimum atomic E-state index is -3.77. The quantitative estimate of drug-likeness (QED) is 0.867. The van der Waals surface area contributed by atoms with Crippen molar-refractivity contribution in [2.45, 2.75) is 49.0 Å². The molecule has 118 valence electrons. The maximum absolute atomic E-state index is 13.8. The van der Waals surface area contributed by atoms with Crippen molar-refractivity contribution in [1.82, 2.24) is 4.72 Å². The van der Waals surface area contributed by atoms with Gasteiger partial charge >= 0.3 is 0 Å². The van der Waals surface area contributed by atoms with Crippen LogP contribution in [0, 0.1) is 12.7 Å². The molecule has 1 aromatic rings. The normalized spacial score (nSPS) is 22.7. The molecule has 0 aliphatic heterocycles. The van der Waals surface area contributed by atoms with Gasteiger partial charge < -0.3 is 5.11 Å². The molecule has 0 spiro atoms. The number of aliphatic hydroxyl groups is 1. The Kier molecular flexibility index (Phi) is 5.29. The summed E-state index contributed by atoms with van der Waals surface area (Å²) in [6.07, 6.45) is 4.59. The summed E-state index contributed by atoms with van der Waals surface area (Å²) in [5.74, 6) is -0.615. The van der Waals surface area contributed by atoms with Crippen molar-refractivity contribution in [3.8, 4) is 0 Å². The number of halogens is 1. The molecule has 0 radical (unpaired) electrons. The highest BCUT2D eigenvalue weighted by molar-refractivity contribution is 7.99. The van der Waals surface area contributed by atoms with Crippen LogP contribution in [0.2, 0.25) is 0 Å². The van der Waals surface area contributed by atoms with E-state index in [4.69, 9.17) is 5.11 Å². The third-order valence-electron chi connectivity index (χ3n) is 3.87. The zero-order valence-corrected chi connectivity index (χ0v) is 13.7. The van der Waals surface area contributed by atoms with Crippen LogP contribution in [-0.4, -0.2) is 31.1 Å². The average Bonchev–Trinajstić information content (AvgIpc) is 2.88. The molecule has 0 bridgehead atoms. The lowest BCUT2D eigenvalue weighted by Crippen LogP contribution is -2.33. The van der Waals surface area contributed by atoms with Crippen LogP contribution in [0.5, 0.6) is 0 Å². The van der Waals surface area contributed by atoms with Gasteiger partial charge in [0.25, 0.3) is 0 Å². The standard InChI is InChI=1S/C14H20FNO3S2/c1-9-13(15)5-10(8-17)6-14(9)21(18,19)16-11-3-4-12(7-11)20-2/h5-6,11-12,16-17H,3-4,7-8H2,1-2H3. The zero-order valence-electron chi connectivity index (χ0n) is 12.1. The molecule has 21 heavy (non-hydrogen) atoms. The fourth-order valence-electron chi connectivity index (χ4n) is 2.62. The maximum Gasteiger partial charge on any atom is 0.241 e.